The molecule has 1 fully saturated rings. The summed E-state index contributed by atoms with van der Waals surface area (Å²) in [5, 5.41) is 9.87. The van der Waals surface area contributed by atoms with Crippen LogP contribution in [0.4, 0.5) is 0 Å². The Kier molecular flexibility index (Phi) is 3.73. The van der Waals surface area contributed by atoms with Crippen LogP contribution in [0.2, 0.25) is 0 Å². The van der Waals surface area contributed by atoms with Gasteiger partial charge < -0.3 is 5.11 Å². The second-order valence-electron chi connectivity index (χ2n) is 6.04. The largest absolute Gasteiger partial charge is 0.506 e. The van der Waals surface area contributed by atoms with Gasteiger partial charge in [0.15, 0.2) is 0 Å². The number of nitrogens with zero attached hydrogens (tertiary/aromatic N) is 3. The molecule has 1 aliphatic carbocycles. The lowest BCUT2D eigenvalue weighted by molar-refractivity contribution is 0.103. The summed E-state index contributed by atoms with van der Waals surface area (Å²) < 4.78 is 2.72. The molecule has 7 heteroatoms. The minimum atomic E-state index is -0.127. The van der Waals surface area contributed by atoms with Crippen molar-refractivity contribution in [1.82, 2.24) is 14.4 Å². The molecule has 4 rings (SSSR count). The number of imidazole rings is 1. The summed E-state index contributed by atoms with van der Waals surface area (Å²) in [7, 11) is 0. The summed E-state index contributed by atoms with van der Waals surface area (Å²) in [6.07, 6.45) is 5.73. The van der Waals surface area contributed by atoms with Crippen LogP contribution in [-0.2, 0) is 0 Å². The second kappa shape index (κ2) is 5.67. The highest BCUT2D eigenvalue weighted by Gasteiger charge is 2.33. The van der Waals surface area contributed by atoms with E-state index < -0.39 is 0 Å². The Morgan fingerprint density at radius 2 is 1.96 bits per heavy atom. The van der Waals surface area contributed by atoms with Crippen molar-refractivity contribution in [3.8, 4) is 5.75 Å². The second-order valence-corrected chi connectivity index (χ2v) is 7.75. The molecule has 1 N–H and O–H groups in total. The van der Waals surface area contributed by atoms with Crippen LogP contribution in [0.25, 0.3) is 5.78 Å². The normalized spacial score (nSPS) is 14.3. The molecule has 0 radical (unpaired) electrons. The van der Waals surface area contributed by atoms with Crippen molar-refractivity contribution in [3.05, 3.63) is 56.0 Å². The number of benzene rings is 1. The molecule has 1 saturated carbocycles. The SMILES string of the molecule is Cc1cnc2nc(C3CC3)c(C(=O)c3cc(Br)c(O)c(Br)c3)n2c1. The zero-order valence-electron chi connectivity index (χ0n) is 12.8. The van der Waals surface area contributed by atoms with Crippen LogP contribution in [0.5, 0.6) is 5.75 Å². The highest BCUT2D eigenvalue weighted by molar-refractivity contribution is 9.11. The molecule has 5 nitrogen and oxygen atoms in total. The van der Waals surface area contributed by atoms with Crippen LogP contribution in [-0.4, -0.2) is 25.3 Å². The Hall–Kier alpha value is -1.73. The van der Waals surface area contributed by atoms with E-state index in [0.717, 1.165) is 24.1 Å². The molecule has 0 unspecified atom stereocenters. The average Bonchev–Trinajstić information content (AvgIpc) is 3.32. The number of aromatic hydroxyl groups is 1. The number of phenolic OH excluding ortho intramolecular Hbond substituents is 1. The molecule has 0 spiro atoms. The maximum absolute atomic E-state index is 13.2. The third kappa shape index (κ3) is 2.56. The van der Waals surface area contributed by atoms with Gasteiger partial charge in [0, 0.05) is 23.9 Å². The molecule has 0 bridgehead atoms. The summed E-state index contributed by atoms with van der Waals surface area (Å²) in [6, 6.07) is 3.25. The number of ketones is 1. The molecule has 0 amide bonds. The predicted molar refractivity (Wildman–Crippen MR) is 96.6 cm³/mol. The summed E-state index contributed by atoms with van der Waals surface area (Å²) in [6.45, 7) is 1.94. The fourth-order valence-electron chi connectivity index (χ4n) is 2.75. The Labute approximate surface area is 155 Å². The fourth-order valence-corrected chi connectivity index (χ4v) is 3.93. The van der Waals surface area contributed by atoms with E-state index in [2.05, 4.69) is 41.8 Å². The van der Waals surface area contributed by atoms with Crippen LogP contribution < -0.4 is 0 Å². The van der Waals surface area contributed by atoms with Crippen molar-refractivity contribution in [1.29, 1.82) is 0 Å². The number of aromatic nitrogens is 3. The smallest absolute Gasteiger partial charge is 0.234 e. The van der Waals surface area contributed by atoms with E-state index >= 15 is 0 Å². The quantitative estimate of drug-likeness (QED) is 0.601. The van der Waals surface area contributed by atoms with Gasteiger partial charge in [-0.1, -0.05) is 0 Å². The van der Waals surface area contributed by atoms with Gasteiger partial charge in [0.1, 0.15) is 11.4 Å². The fraction of sp³-hybridized carbons (Fsp3) is 0.235. The van der Waals surface area contributed by atoms with Crippen molar-refractivity contribution in [2.75, 3.05) is 0 Å². The first kappa shape index (κ1) is 15.8. The first-order valence-electron chi connectivity index (χ1n) is 7.53. The summed E-state index contributed by atoms with van der Waals surface area (Å²) in [5.41, 5.74) is 2.83. The van der Waals surface area contributed by atoms with E-state index in [9.17, 15) is 9.90 Å². The van der Waals surface area contributed by atoms with Gasteiger partial charge in [-0.15, -0.1) is 0 Å². The minimum absolute atomic E-state index is 0.0737. The minimum Gasteiger partial charge on any atom is -0.506 e. The van der Waals surface area contributed by atoms with E-state index in [1.165, 1.54) is 0 Å². The number of hydrogen-bond donors (Lipinski definition) is 1. The Balaban J connectivity index is 1.93. The van der Waals surface area contributed by atoms with E-state index in [-0.39, 0.29) is 11.5 Å². The highest BCUT2D eigenvalue weighted by Crippen LogP contribution is 2.42. The molecule has 122 valence electrons. The molecule has 1 aromatic carbocycles. The van der Waals surface area contributed by atoms with Gasteiger partial charge in [-0.2, -0.15) is 0 Å². The van der Waals surface area contributed by atoms with Crippen molar-refractivity contribution < 1.29 is 9.90 Å². The number of rotatable bonds is 3. The molecule has 1 aliphatic rings. The number of phenols is 1. The Morgan fingerprint density at radius 1 is 1.29 bits per heavy atom. The molecule has 0 aliphatic heterocycles. The van der Waals surface area contributed by atoms with Crippen molar-refractivity contribution >= 4 is 43.4 Å². The number of halogens is 2. The third-order valence-corrected chi connectivity index (χ3v) is 5.30. The van der Waals surface area contributed by atoms with E-state index in [1.54, 1.807) is 22.7 Å². The summed E-state index contributed by atoms with van der Waals surface area (Å²) in [4.78, 5) is 22.1. The van der Waals surface area contributed by atoms with Gasteiger partial charge in [-0.25, -0.2) is 9.97 Å². The van der Waals surface area contributed by atoms with Crippen LogP contribution >= 0.6 is 31.9 Å². The van der Waals surface area contributed by atoms with Gasteiger partial charge in [0.05, 0.1) is 14.6 Å². The monoisotopic (exact) mass is 449 g/mol. The molecule has 2 heterocycles. The molecule has 0 saturated heterocycles. The Morgan fingerprint density at radius 3 is 2.58 bits per heavy atom. The van der Waals surface area contributed by atoms with Crippen molar-refractivity contribution in [2.24, 2.45) is 0 Å². The molecule has 2 aromatic heterocycles. The van der Waals surface area contributed by atoms with E-state index in [0.29, 0.717) is 31.9 Å². The third-order valence-electron chi connectivity index (χ3n) is 4.09. The van der Waals surface area contributed by atoms with E-state index in [4.69, 9.17) is 0 Å². The van der Waals surface area contributed by atoms with Gasteiger partial charge in [-0.3, -0.25) is 9.20 Å². The van der Waals surface area contributed by atoms with Gasteiger partial charge >= 0.3 is 0 Å². The number of carbonyl (C=O) groups is 1. The molecule has 0 atom stereocenters. The number of hydrogen-bond acceptors (Lipinski definition) is 4. The lowest BCUT2D eigenvalue weighted by Gasteiger charge is -2.07. The predicted octanol–water partition coefficient (Wildman–Crippen LogP) is 4.38. The number of fused-ring (bicyclic) bond motifs is 1. The maximum Gasteiger partial charge on any atom is 0.234 e. The standard InChI is InChI=1S/C17H13Br2N3O2/c1-8-6-20-17-21-13(9-2-3-9)14(22(17)7-8)15(23)10-4-11(18)16(24)12(19)5-10/h4-7,9,24H,2-3H2,1H3. The highest BCUT2D eigenvalue weighted by atomic mass is 79.9. The lowest BCUT2D eigenvalue weighted by atomic mass is 10.0. The van der Waals surface area contributed by atoms with Crippen molar-refractivity contribution in [2.45, 2.75) is 25.7 Å². The average molecular weight is 451 g/mol. The molecule has 24 heavy (non-hydrogen) atoms. The van der Waals surface area contributed by atoms with Gasteiger partial charge in [-0.05, 0) is 69.3 Å². The molecular formula is C17H13Br2N3O2. The summed E-state index contributed by atoms with van der Waals surface area (Å²) >= 11 is 6.57. The summed E-state index contributed by atoms with van der Waals surface area (Å²) in [5.74, 6) is 0.820. The first-order valence-corrected chi connectivity index (χ1v) is 9.11. The van der Waals surface area contributed by atoms with Gasteiger partial charge in [0.25, 0.3) is 0 Å². The van der Waals surface area contributed by atoms with Crippen LogP contribution in [0.3, 0.4) is 0 Å². The van der Waals surface area contributed by atoms with Crippen LogP contribution in [0, 0.1) is 6.92 Å². The molecule has 3 aromatic rings. The van der Waals surface area contributed by atoms with E-state index in [1.807, 2.05) is 13.1 Å². The zero-order valence-corrected chi connectivity index (χ0v) is 15.9. The van der Waals surface area contributed by atoms with Crippen LogP contribution in [0.1, 0.15) is 46.1 Å². The molecular weight excluding hydrogens is 438 g/mol. The van der Waals surface area contributed by atoms with Crippen molar-refractivity contribution in [3.63, 3.8) is 0 Å². The maximum atomic E-state index is 13.2. The Bertz CT molecular complexity index is 970. The topological polar surface area (TPSA) is 67.5 Å². The lowest BCUT2D eigenvalue weighted by Crippen LogP contribution is -2.09. The zero-order chi connectivity index (χ0) is 17.0. The number of aryl methyl sites for hydroxylation is 1. The first-order chi connectivity index (χ1) is 11.5. The van der Waals surface area contributed by atoms with Crippen LogP contribution in [0.15, 0.2) is 33.5 Å². The number of carbonyl (C=O) groups excluding carboxylic acids is 1. The van der Waals surface area contributed by atoms with Gasteiger partial charge in [0.2, 0.25) is 11.6 Å².